The number of aromatic nitrogens is 4. The van der Waals surface area contributed by atoms with E-state index in [-0.39, 0.29) is 5.92 Å². The lowest BCUT2D eigenvalue weighted by atomic mass is 10.0. The Bertz CT molecular complexity index is 536. The van der Waals surface area contributed by atoms with E-state index in [0.717, 1.165) is 18.5 Å². The summed E-state index contributed by atoms with van der Waals surface area (Å²) in [4.78, 5) is 12.8. The van der Waals surface area contributed by atoms with Crippen molar-refractivity contribution >= 4 is 0 Å². The molecule has 18 heavy (non-hydrogen) atoms. The summed E-state index contributed by atoms with van der Waals surface area (Å²) < 4.78 is 5.32. The summed E-state index contributed by atoms with van der Waals surface area (Å²) in [6, 6.07) is 0.372. The Labute approximate surface area is 105 Å². The molecule has 1 aliphatic rings. The number of nitrogens with one attached hydrogen (secondary N) is 1. The van der Waals surface area contributed by atoms with E-state index in [2.05, 4.69) is 32.3 Å². The SMILES string of the molecule is Cc1cnc(-c2noc(C3CCNC3C)n2)nc1. The first kappa shape index (κ1) is 11.3. The third kappa shape index (κ3) is 1.99. The van der Waals surface area contributed by atoms with Crippen LogP contribution in [0.15, 0.2) is 16.9 Å². The van der Waals surface area contributed by atoms with Gasteiger partial charge in [-0.2, -0.15) is 4.98 Å². The summed E-state index contributed by atoms with van der Waals surface area (Å²) in [5.41, 5.74) is 1.01. The number of nitrogens with zero attached hydrogens (tertiary/aromatic N) is 4. The van der Waals surface area contributed by atoms with Crippen molar-refractivity contribution in [3.8, 4) is 11.6 Å². The fraction of sp³-hybridized carbons (Fsp3) is 0.500. The summed E-state index contributed by atoms with van der Waals surface area (Å²) >= 11 is 0. The molecular formula is C12H15N5O. The van der Waals surface area contributed by atoms with Crippen molar-refractivity contribution < 1.29 is 4.52 Å². The van der Waals surface area contributed by atoms with Crippen molar-refractivity contribution in [3.05, 3.63) is 23.8 Å². The highest BCUT2D eigenvalue weighted by molar-refractivity contribution is 5.41. The number of rotatable bonds is 2. The highest BCUT2D eigenvalue weighted by Crippen LogP contribution is 2.27. The van der Waals surface area contributed by atoms with Gasteiger partial charge in [0.05, 0.1) is 5.92 Å². The molecule has 0 amide bonds. The van der Waals surface area contributed by atoms with Gasteiger partial charge in [0.25, 0.3) is 0 Å². The Balaban J connectivity index is 1.87. The van der Waals surface area contributed by atoms with Crippen molar-refractivity contribution in [1.29, 1.82) is 0 Å². The molecular weight excluding hydrogens is 230 g/mol. The van der Waals surface area contributed by atoms with Crippen LogP contribution in [0.5, 0.6) is 0 Å². The van der Waals surface area contributed by atoms with Gasteiger partial charge in [0.15, 0.2) is 0 Å². The van der Waals surface area contributed by atoms with E-state index in [1.807, 2.05) is 6.92 Å². The van der Waals surface area contributed by atoms with E-state index in [1.165, 1.54) is 0 Å². The van der Waals surface area contributed by atoms with Crippen LogP contribution in [-0.4, -0.2) is 32.7 Å². The first-order valence-electron chi connectivity index (χ1n) is 6.10. The Morgan fingerprint density at radius 1 is 1.28 bits per heavy atom. The quantitative estimate of drug-likeness (QED) is 0.859. The normalized spacial score (nSPS) is 23.4. The molecule has 1 aliphatic heterocycles. The maximum absolute atomic E-state index is 5.32. The van der Waals surface area contributed by atoms with Gasteiger partial charge in [-0.25, -0.2) is 9.97 Å². The topological polar surface area (TPSA) is 76.7 Å². The van der Waals surface area contributed by atoms with Crippen molar-refractivity contribution in [3.63, 3.8) is 0 Å². The summed E-state index contributed by atoms with van der Waals surface area (Å²) in [6.07, 6.45) is 4.52. The Kier molecular flexibility index (Phi) is 2.79. The molecule has 2 aromatic heterocycles. The van der Waals surface area contributed by atoms with E-state index < -0.39 is 0 Å². The zero-order chi connectivity index (χ0) is 12.5. The largest absolute Gasteiger partial charge is 0.338 e. The first-order valence-corrected chi connectivity index (χ1v) is 6.10. The Morgan fingerprint density at radius 2 is 2.06 bits per heavy atom. The predicted molar refractivity (Wildman–Crippen MR) is 64.9 cm³/mol. The summed E-state index contributed by atoms with van der Waals surface area (Å²) in [5.74, 6) is 1.93. The van der Waals surface area contributed by atoms with Gasteiger partial charge >= 0.3 is 0 Å². The second-order valence-electron chi connectivity index (χ2n) is 4.68. The van der Waals surface area contributed by atoms with Crippen LogP contribution in [0.1, 0.15) is 30.7 Å². The summed E-state index contributed by atoms with van der Waals surface area (Å²) in [6.45, 7) is 5.06. The molecule has 0 saturated carbocycles. The lowest BCUT2D eigenvalue weighted by Gasteiger charge is -2.08. The third-order valence-electron chi connectivity index (χ3n) is 3.27. The highest BCUT2D eigenvalue weighted by atomic mass is 16.5. The Morgan fingerprint density at radius 3 is 2.72 bits per heavy atom. The molecule has 2 atom stereocenters. The zero-order valence-corrected chi connectivity index (χ0v) is 10.4. The van der Waals surface area contributed by atoms with E-state index in [0.29, 0.717) is 23.6 Å². The van der Waals surface area contributed by atoms with Gasteiger partial charge in [0.2, 0.25) is 17.5 Å². The molecule has 1 N–H and O–H groups in total. The van der Waals surface area contributed by atoms with Crippen LogP contribution >= 0.6 is 0 Å². The van der Waals surface area contributed by atoms with E-state index >= 15 is 0 Å². The second kappa shape index (κ2) is 4.45. The average Bonchev–Trinajstić information content (AvgIpc) is 2.98. The van der Waals surface area contributed by atoms with Gasteiger partial charge in [-0.1, -0.05) is 5.16 Å². The van der Waals surface area contributed by atoms with E-state index in [1.54, 1.807) is 12.4 Å². The number of hydrogen-bond acceptors (Lipinski definition) is 6. The molecule has 94 valence electrons. The van der Waals surface area contributed by atoms with E-state index in [9.17, 15) is 0 Å². The van der Waals surface area contributed by atoms with E-state index in [4.69, 9.17) is 4.52 Å². The standard InChI is InChI=1S/C12H15N5O/c1-7-5-14-10(15-6-7)11-16-12(18-17-11)9-3-4-13-8(9)2/h5-6,8-9,13H,3-4H2,1-2H3. The summed E-state index contributed by atoms with van der Waals surface area (Å²) in [7, 11) is 0. The molecule has 3 rings (SSSR count). The summed E-state index contributed by atoms with van der Waals surface area (Å²) in [5, 5.41) is 7.32. The maximum Gasteiger partial charge on any atom is 0.240 e. The number of aryl methyl sites for hydroxylation is 1. The fourth-order valence-corrected chi connectivity index (χ4v) is 2.18. The van der Waals surface area contributed by atoms with Gasteiger partial charge in [0, 0.05) is 18.4 Å². The van der Waals surface area contributed by atoms with Crippen LogP contribution < -0.4 is 5.32 Å². The average molecular weight is 245 g/mol. The second-order valence-corrected chi connectivity index (χ2v) is 4.68. The van der Waals surface area contributed by atoms with Crippen molar-refractivity contribution in [1.82, 2.24) is 25.4 Å². The smallest absolute Gasteiger partial charge is 0.240 e. The molecule has 2 unspecified atom stereocenters. The molecule has 1 saturated heterocycles. The molecule has 6 nitrogen and oxygen atoms in total. The lowest BCUT2D eigenvalue weighted by Crippen LogP contribution is -2.21. The van der Waals surface area contributed by atoms with Gasteiger partial charge in [-0.15, -0.1) is 0 Å². The lowest BCUT2D eigenvalue weighted by molar-refractivity contribution is 0.345. The Hall–Kier alpha value is -1.82. The van der Waals surface area contributed by atoms with Crippen LogP contribution in [0, 0.1) is 6.92 Å². The van der Waals surface area contributed by atoms with Crippen molar-refractivity contribution in [2.75, 3.05) is 6.54 Å². The molecule has 0 aromatic carbocycles. The van der Waals surface area contributed by atoms with Gasteiger partial charge < -0.3 is 9.84 Å². The molecule has 0 bridgehead atoms. The molecule has 0 radical (unpaired) electrons. The monoisotopic (exact) mass is 245 g/mol. The van der Waals surface area contributed by atoms with Crippen molar-refractivity contribution in [2.45, 2.75) is 32.2 Å². The van der Waals surface area contributed by atoms with Crippen molar-refractivity contribution in [2.24, 2.45) is 0 Å². The molecule has 2 aromatic rings. The van der Waals surface area contributed by atoms with Gasteiger partial charge in [0.1, 0.15) is 0 Å². The van der Waals surface area contributed by atoms with Gasteiger partial charge in [-0.05, 0) is 32.4 Å². The maximum atomic E-state index is 5.32. The third-order valence-corrected chi connectivity index (χ3v) is 3.27. The van der Waals surface area contributed by atoms with Crippen LogP contribution in [0.4, 0.5) is 0 Å². The van der Waals surface area contributed by atoms with Crippen LogP contribution in [0.25, 0.3) is 11.6 Å². The number of hydrogen-bond donors (Lipinski definition) is 1. The minimum Gasteiger partial charge on any atom is -0.338 e. The zero-order valence-electron chi connectivity index (χ0n) is 10.4. The molecule has 3 heterocycles. The minimum absolute atomic E-state index is 0.289. The molecule has 0 aliphatic carbocycles. The minimum atomic E-state index is 0.289. The molecule has 0 spiro atoms. The molecule has 6 heteroatoms. The predicted octanol–water partition coefficient (Wildman–Crippen LogP) is 1.30. The van der Waals surface area contributed by atoms with Crippen LogP contribution in [0.3, 0.4) is 0 Å². The highest BCUT2D eigenvalue weighted by Gasteiger charge is 2.29. The van der Waals surface area contributed by atoms with Crippen LogP contribution in [0.2, 0.25) is 0 Å². The molecule has 1 fully saturated rings. The fourth-order valence-electron chi connectivity index (χ4n) is 2.18. The van der Waals surface area contributed by atoms with Crippen LogP contribution in [-0.2, 0) is 0 Å². The first-order chi connectivity index (χ1) is 8.74. The van der Waals surface area contributed by atoms with Gasteiger partial charge in [-0.3, -0.25) is 0 Å².